The van der Waals surface area contributed by atoms with Crippen LogP contribution in [0.3, 0.4) is 0 Å². The van der Waals surface area contributed by atoms with Crippen molar-refractivity contribution in [1.82, 2.24) is 0 Å². The third-order valence-electron chi connectivity index (χ3n) is 5.22. The molecular weight excluding hydrogens is 187 g/mol. The molecule has 3 aliphatic carbocycles. The third kappa shape index (κ3) is 1.38. The Morgan fingerprint density at radius 3 is 1.87 bits per heavy atom. The first-order valence-corrected chi connectivity index (χ1v) is 6.32. The van der Waals surface area contributed by atoms with Gasteiger partial charge in [-0.15, -0.1) is 0 Å². The molecule has 0 aromatic heterocycles. The van der Waals surface area contributed by atoms with E-state index in [1.54, 1.807) is 0 Å². The maximum absolute atomic E-state index is 14.3. The third-order valence-corrected chi connectivity index (χ3v) is 5.22. The van der Waals surface area contributed by atoms with Gasteiger partial charge in [-0.3, -0.25) is 0 Å². The summed E-state index contributed by atoms with van der Waals surface area (Å²) in [5, 5.41) is 0. The van der Waals surface area contributed by atoms with E-state index in [4.69, 9.17) is 0 Å². The summed E-state index contributed by atoms with van der Waals surface area (Å²) in [5.74, 6) is 1.22. The van der Waals surface area contributed by atoms with Crippen LogP contribution in [0.1, 0.15) is 53.4 Å². The summed E-state index contributed by atoms with van der Waals surface area (Å²) in [4.78, 5) is 0. The zero-order valence-corrected chi connectivity index (χ0v) is 10.4. The molecule has 0 unspecified atom stereocenters. The molecule has 0 spiro atoms. The smallest absolute Gasteiger partial charge is 0.103 e. The van der Waals surface area contributed by atoms with E-state index in [0.29, 0.717) is 11.8 Å². The van der Waals surface area contributed by atoms with E-state index in [2.05, 4.69) is 27.7 Å². The SMILES string of the molecule is CC(C)C12C=C(F)C(C(C)C)(CC1)CC2. The first kappa shape index (κ1) is 11.2. The molecule has 0 aliphatic heterocycles. The van der Waals surface area contributed by atoms with Crippen molar-refractivity contribution in [3.05, 3.63) is 11.9 Å². The molecule has 0 radical (unpaired) electrons. The molecule has 1 saturated carbocycles. The van der Waals surface area contributed by atoms with Gasteiger partial charge in [-0.25, -0.2) is 4.39 Å². The first-order valence-electron chi connectivity index (χ1n) is 6.32. The number of fused-ring (bicyclic) bond motifs is 2. The highest BCUT2D eigenvalue weighted by Crippen LogP contribution is 2.61. The lowest BCUT2D eigenvalue weighted by Crippen LogP contribution is -2.44. The predicted molar refractivity (Wildman–Crippen MR) is 62.2 cm³/mol. The normalized spacial score (nSPS) is 40.1. The summed E-state index contributed by atoms with van der Waals surface area (Å²) >= 11 is 0. The van der Waals surface area contributed by atoms with E-state index >= 15 is 0 Å². The molecule has 0 nitrogen and oxygen atoms in total. The highest BCUT2D eigenvalue weighted by Gasteiger charge is 2.52. The Kier molecular flexibility index (Phi) is 2.48. The molecule has 3 aliphatic rings. The lowest BCUT2D eigenvalue weighted by atomic mass is 9.51. The molecule has 1 fully saturated rings. The Hall–Kier alpha value is -0.330. The quantitative estimate of drug-likeness (QED) is 0.619. The van der Waals surface area contributed by atoms with E-state index in [1.165, 1.54) is 12.8 Å². The zero-order valence-electron chi connectivity index (χ0n) is 10.4. The second-order valence-corrected chi connectivity index (χ2v) is 6.19. The van der Waals surface area contributed by atoms with Crippen LogP contribution in [-0.2, 0) is 0 Å². The van der Waals surface area contributed by atoms with E-state index in [9.17, 15) is 4.39 Å². The van der Waals surface area contributed by atoms with Crippen molar-refractivity contribution in [1.29, 1.82) is 0 Å². The standard InChI is InChI=1S/C14H23F/c1-10(2)13-5-7-14(8-6-13,11(3)4)12(15)9-13/h9-11H,5-8H2,1-4H3. The zero-order chi connectivity index (χ0) is 11.3. The van der Waals surface area contributed by atoms with Crippen LogP contribution in [0.4, 0.5) is 4.39 Å². The molecule has 3 rings (SSSR count). The van der Waals surface area contributed by atoms with E-state index in [0.717, 1.165) is 12.8 Å². The Labute approximate surface area is 92.9 Å². The van der Waals surface area contributed by atoms with Gasteiger partial charge in [0.25, 0.3) is 0 Å². The molecule has 0 aromatic rings. The van der Waals surface area contributed by atoms with E-state index in [-0.39, 0.29) is 16.7 Å². The number of halogens is 1. The molecule has 86 valence electrons. The van der Waals surface area contributed by atoms with Gasteiger partial charge >= 0.3 is 0 Å². The maximum atomic E-state index is 14.3. The summed E-state index contributed by atoms with van der Waals surface area (Å²) in [6.45, 7) is 8.80. The fraction of sp³-hybridized carbons (Fsp3) is 0.857. The van der Waals surface area contributed by atoms with Crippen LogP contribution in [0.2, 0.25) is 0 Å². The second-order valence-electron chi connectivity index (χ2n) is 6.19. The van der Waals surface area contributed by atoms with Crippen molar-refractivity contribution < 1.29 is 4.39 Å². The molecule has 0 N–H and O–H groups in total. The van der Waals surface area contributed by atoms with E-state index in [1.807, 2.05) is 6.08 Å². The van der Waals surface area contributed by atoms with E-state index < -0.39 is 0 Å². The summed E-state index contributed by atoms with van der Waals surface area (Å²) in [6.07, 6.45) is 6.48. The lowest BCUT2D eigenvalue weighted by Gasteiger charge is -2.53. The largest absolute Gasteiger partial charge is 0.212 e. The summed E-state index contributed by atoms with van der Waals surface area (Å²) in [6, 6.07) is 0. The molecule has 0 atom stereocenters. The molecule has 0 heterocycles. The summed E-state index contributed by atoms with van der Waals surface area (Å²) < 4.78 is 14.3. The van der Waals surface area contributed by atoms with Crippen LogP contribution in [0, 0.1) is 22.7 Å². The average molecular weight is 210 g/mol. The molecule has 0 saturated heterocycles. The van der Waals surface area contributed by atoms with Gasteiger partial charge in [0.1, 0.15) is 5.83 Å². The fourth-order valence-corrected chi connectivity index (χ4v) is 3.54. The van der Waals surface area contributed by atoms with Crippen molar-refractivity contribution in [3.63, 3.8) is 0 Å². The molecule has 15 heavy (non-hydrogen) atoms. The van der Waals surface area contributed by atoms with Crippen molar-refractivity contribution in [2.75, 3.05) is 0 Å². The molecular formula is C14H23F. The topological polar surface area (TPSA) is 0 Å². The van der Waals surface area contributed by atoms with Crippen molar-refractivity contribution >= 4 is 0 Å². The van der Waals surface area contributed by atoms with Gasteiger partial charge in [0.05, 0.1) is 0 Å². The van der Waals surface area contributed by atoms with Gasteiger partial charge in [-0.1, -0.05) is 27.7 Å². The highest BCUT2D eigenvalue weighted by atomic mass is 19.1. The lowest BCUT2D eigenvalue weighted by molar-refractivity contribution is 0.0210. The number of hydrogen-bond donors (Lipinski definition) is 0. The molecule has 0 amide bonds. The first-order chi connectivity index (χ1) is 6.93. The highest BCUT2D eigenvalue weighted by molar-refractivity contribution is 5.23. The Bertz CT molecular complexity index is 278. The predicted octanol–water partition coefficient (Wildman–Crippen LogP) is 4.71. The molecule has 2 bridgehead atoms. The van der Waals surface area contributed by atoms with Gasteiger partial charge in [0, 0.05) is 5.41 Å². The average Bonchev–Trinajstić information content (AvgIpc) is 2.18. The van der Waals surface area contributed by atoms with Crippen LogP contribution >= 0.6 is 0 Å². The summed E-state index contributed by atoms with van der Waals surface area (Å²) in [5.41, 5.74) is 0.0807. The van der Waals surface area contributed by atoms with Crippen LogP contribution < -0.4 is 0 Å². The van der Waals surface area contributed by atoms with Crippen molar-refractivity contribution in [2.24, 2.45) is 22.7 Å². The number of rotatable bonds is 2. The van der Waals surface area contributed by atoms with Crippen LogP contribution in [-0.4, -0.2) is 0 Å². The van der Waals surface area contributed by atoms with Crippen LogP contribution in [0.25, 0.3) is 0 Å². The Balaban J connectivity index is 2.38. The van der Waals surface area contributed by atoms with Gasteiger partial charge in [0.2, 0.25) is 0 Å². The van der Waals surface area contributed by atoms with Crippen molar-refractivity contribution in [2.45, 2.75) is 53.4 Å². The minimum absolute atomic E-state index is 0.101. The number of hydrogen-bond acceptors (Lipinski definition) is 0. The maximum Gasteiger partial charge on any atom is 0.103 e. The summed E-state index contributed by atoms with van der Waals surface area (Å²) in [7, 11) is 0. The minimum Gasteiger partial charge on any atom is -0.212 e. The minimum atomic E-state index is -0.101. The fourth-order valence-electron chi connectivity index (χ4n) is 3.54. The van der Waals surface area contributed by atoms with Crippen LogP contribution in [0.5, 0.6) is 0 Å². The van der Waals surface area contributed by atoms with Crippen LogP contribution in [0.15, 0.2) is 11.9 Å². The Morgan fingerprint density at radius 1 is 1.00 bits per heavy atom. The molecule has 0 aromatic carbocycles. The van der Waals surface area contributed by atoms with Crippen molar-refractivity contribution in [3.8, 4) is 0 Å². The monoisotopic (exact) mass is 210 g/mol. The Morgan fingerprint density at radius 2 is 1.53 bits per heavy atom. The van der Waals surface area contributed by atoms with Gasteiger partial charge < -0.3 is 0 Å². The van der Waals surface area contributed by atoms with Gasteiger partial charge in [-0.05, 0) is 49.0 Å². The number of allylic oxidation sites excluding steroid dienone is 2. The second kappa shape index (κ2) is 3.33. The molecule has 1 heteroatoms. The van der Waals surface area contributed by atoms with Gasteiger partial charge in [-0.2, -0.15) is 0 Å². The van der Waals surface area contributed by atoms with Gasteiger partial charge in [0.15, 0.2) is 0 Å².